The van der Waals surface area contributed by atoms with Crippen LogP contribution < -0.4 is 10.5 Å². The fourth-order valence-corrected chi connectivity index (χ4v) is 3.45. The molecule has 1 amide bonds. The molecule has 0 aliphatic rings. The van der Waals surface area contributed by atoms with Gasteiger partial charge in [0.1, 0.15) is 10.9 Å². The zero-order valence-electron chi connectivity index (χ0n) is 13.1. The minimum Gasteiger partial charge on any atom is -0.368 e. The lowest BCUT2D eigenvalue weighted by Crippen LogP contribution is -2.37. The number of rotatable bonds is 6. The molecule has 0 unspecified atom stereocenters. The van der Waals surface area contributed by atoms with Gasteiger partial charge in [-0.3, -0.25) is 4.79 Å². The molecule has 8 heteroatoms. The third-order valence-corrected chi connectivity index (χ3v) is 4.96. The van der Waals surface area contributed by atoms with Crippen molar-refractivity contribution in [1.82, 2.24) is 14.5 Å². The number of nitrogens with two attached hydrogens (primary N) is 1. The van der Waals surface area contributed by atoms with Crippen LogP contribution in [0.25, 0.3) is 5.69 Å². The summed E-state index contributed by atoms with van der Waals surface area (Å²) in [7, 11) is -3.97. The van der Waals surface area contributed by atoms with E-state index < -0.39 is 22.0 Å². The predicted octanol–water partition coefficient (Wildman–Crippen LogP) is 1.38. The number of carbonyl (C=O) groups is 1. The Bertz CT molecular complexity index is 969. The number of para-hydroxylation sites is 1. The molecule has 0 aliphatic carbocycles. The summed E-state index contributed by atoms with van der Waals surface area (Å²) in [5, 5.41) is 4.06. The number of benzene rings is 2. The average molecular weight is 356 g/mol. The van der Waals surface area contributed by atoms with Gasteiger partial charge in [0.05, 0.1) is 18.1 Å². The second kappa shape index (κ2) is 6.88. The van der Waals surface area contributed by atoms with Crippen molar-refractivity contribution in [3.63, 3.8) is 0 Å². The lowest BCUT2D eigenvalue weighted by molar-refractivity contribution is -0.119. The molecule has 25 heavy (non-hydrogen) atoms. The molecule has 0 bridgehead atoms. The highest BCUT2D eigenvalue weighted by Gasteiger charge is 2.26. The highest BCUT2D eigenvalue weighted by atomic mass is 32.2. The summed E-state index contributed by atoms with van der Waals surface area (Å²) < 4.78 is 29.0. The normalized spacial score (nSPS) is 12.6. The van der Waals surface area contributed by atoms with Crippen LogP contribution in [0.2, 0.25) is 0 Å². The number of hydrogen-bond donors (Lipinski definition) is 2. The van der Waals surface area contributed by atoms with E-state index in [4.69, 9.17) is 5.73 Å². The molecule has 0 fully saturated rings. The van der Waals surface area contributed by atoms with Gasteiger partial charge in [0.25, 0.3) is 0 Å². The Morgan fingerprint density at radius 3 is 2.24 bits per heavy atom. The van der Waals surface area contributed by atoms with Gasteiger partial charge in [0.2, 0.25) is 15.9 Å². The molecule has 1 atom stereocenters. The van der Waals surface area contributed by atoms with Crippen LogP contribution in [0.15, 0.2) is 78.0 Å². The van der Waals surface area contributed by atoms with Crippen LogP contribution in [-0.4, -0.2) is 24.1 Å². The number of hydrogen-bond acceptors (Lipinski definition) is 4. The van der Waals surface area contributed by atoms with Crippen LogP contribution in [0, 0.1) is 0 Å². The van der Waals surface area contributed by atoms with Gasteiger partial charge in [-0.15, -0.1) is 0 Å². The zero-order valence-corrected chi connectivity index (χ0v) is 13.9. The lowest BCUT2D eigenvalue weighted by Gasteiger charge is -2.15. The van der Waals surface area contributed by atoms with Crippen molar-refractivity contribution in [2.75, 3.05) is 0 Å². The van der Waals surface area contributed by atoms with Crippen molar-refractivity contribution >= 4 is 15.9 Å². The van der Waals surface area contributed by atoms with Crippen LogP contribution in [0.4, 0.5) is 0 Å². The number of primary amides is 1. The Labute approximate surface area is 145 Å². The van der Waals surface area contributed by atoms with Crippen molar-refractivity contribution in [1.29, 1.82) is 0 Å². The molecule has 0 spiro atoms. The molecule has 3 rings (SSSR count). The minimum absolute atomic E-state index is 0.0569. The van der Waals surface area contributed by atoms with Crippen molar-refractivity contribution in [3.8, 4) is 5.69 Å². The highest BCUT2D eigenvalue weighted by Crippen LogP contribution is 2.18. The number of aromatic nitrogens is 2. The second-order valence-corrected chi connectivity index (χ2v) is 7.04. The smallest absolute Gasteiger partial charge is 0.244 e. The number of nitrogens with one attached hydrogen (secondary N) is 1. The van der Waals surface area contributed by atoms with E-state index in [-0.39, 0.29) is 4.90 Å². The van der Waals surface area contributed by atoms with E-state index in [1.54, 1.807) is 42.5 Å². The first-order valence-electron chi connectivity index (χ1n) is 7.44. The molecule has 0 saturated heterocycles. The van der Waals surface area contributed by atoms with E-state index in [1.807, 2.05) is 18.2 Å². The summed E-state index contributed by atoms with van der Waals surface area (Å²) in [6.45, 7) is 0. The number of nitrogens with zero attached hydrogens (tertiary/aromatic N) is 2. The van der Waals surface area contributed by atoms with Crippen LogP contribution >= 0.6 is 0 Å². The Balaban J connectivity index is 1.89. The molecule has 3 N–H and O–H groups in total. The maximum Gasteiger partial charge on any atom is 0.244 e. The molecule has 1 aromatic heterocycles. The number of carbonyl (C=O) groups excluding carboxylic acids is 1. The van der Waals surface area contributed by atoms with Crippen molar-refractivity contribution in [2.45, 2.75) is 10.9 Å². The van der Waals surface area contributed by atoms with Crippen LogP contribution in [0.1, 0.15) is 11.6 Å². The van der Waals surface area contributed by atoms with Gasteiger partial charge in [-0.05, 0) is 17.7 Å². The molecule has 7 nitrogen and oxygen atoms in total. The molecular weight excluding hydrogens is 340 g/mol. The summed E-state index contributed by atoms with van der Waals surface area (Å²) in [6, 6.07) is 16.4. The van der Waals surface area contributed by atoms with E-state index in [2.05, 4.69) is 9.82 Å². The van der Waals surface area contributed by atoms with E-state index in [1.165, 1.54) is 17.1 Å². The predicted molar refractivity (Wildman–Crippen MR) is 92.3 cm³/mol. The molecule has 0 aliphatic heterocycles. The first kappa shape index (κ1) is 16.9. The van der Waals surface area contributed by atoms with E-state index in [0.29, 0.717) is 5.56 Å². The summed E-state index contributed by atoms with van der Waals surface area (Å²) >= 11 is 0. The highest BCUT2D eigenvalue weighted by molar-refractivity contribution is 7.89. The van der Waals surface area contributed by atoms with Gasteiger partial charge in [-0.1, -0.05) is 48.5 Å². The summed E-state index contributed by atoms with van der Waals surface area (Å²) in [6.07, 6.45) is 2.60. The third kappa shape index (κ3) is 3.76. The average Bonchev–Trinajstić information content (AvgIpc) is 3.12. The van der Waals surface area contributed by atoms with Gasteiger partial charge in [0.15, 0.2) is 0 Å². The van der Waals surface area contributed by atoms with E-state index in [0.717, 1.165) is 5.69 Å². The van der Waals surface area contributed by atoms with Crippen LogP contribution in [-0.2, 0) is 14.8 Å². The Hall–Kier alpha value is -2.97. The first-order chi connectivity index (χ1) is 12.0. The van der Waals surface area contributed by atoms with Crippen molar-refractivity contribution < 1.29 is 13.2 Å². The van der Waals surface area contributed by atoms with E-state index in [9.17, 15) is 13.2 Å². The van der Waals surface area contributed by atoms with Gasteiger partial charge in [-0.25, -0.2) is 13.1 Å². The van der Waals surface area contributed by atoms with Gasteiger partial charge < -0.3 is 5.73 Å². The summed E-state index contributed by atoms with van der Waals surface area (Å²) in [4.78, 5) is 11.7. The fraction of sp³-hybridized carbons (Fsp3) is 0.0588. The fourth-order valence-electron chi connectivity index (χ4n) is 2.33. The third-order valence-electron chi connectivity index (χ3n) is 3.58. The largest absolute Gasteiger partial charge is 0.368 e. The quantitative estimate of drug-likeness (QED) is 0.695. The molecule has 0 saturated carbocycles. The zero-order chi connectivity index (χ0) is 17.9. The lowest BCUT2D eigenvalue weighted by atomic mass is 10.1. The van der Waals surface area contributed by atoms with Crippen molar-refractivity contribution in [3.05, 3.63) is 78.6 Å². The first-order valence-corrected chi connectivity index (χ1v) is 8.92. The van der Waals surface area contributed by atoms with Crippen LogP contribution in [0.3, 0.4) is 0 Å². The SMILES string of the molecule is NC(=O)[C@@H](NS(=O)(=O)c1cnn(-c2ccccc2)c1)c1ccccc1. The second-order valence-electron chi connectivity index (χ2n) is 5.32. The Morgan fingerprint density at radius 2 is 1.64 bits per heavy atom. The summed E-state index contributed by atoms with van der Waals surface area (Å²) in [5.41, 5.74) is 6.55. The standard InChI is InChI=1S/C17H16N4O3S/c18-17(22)16(13-7-3-1-4-8-13)20-25(23,24)15-11-19-21(12-15)14-9-5-2-6-10-14/h1-12,16,20H,(H2,18,22)/t16-/m0/s1. The Morgan fingerprint density at radius 1 is 1.04 bits per heavy atom. The van der Waals surface area contributed by atoms with Gasteiger partial charge >= 0.3 is 0 Å². The van der Waals surface area contributed by atoms with E-state index >= 15 is 0 Å². The Kier molecular flexibility index (Phi) is 4.64. The molecule has 128 valence electrons. The topological polar surface area (TPSA) is 107 Å². The molecule has 2 aromatic carbocycles. The minimum atomic E-state index is -3.97. The molecule has 0 radical (unpaired) electrons. The number of amides is 1. The number of sulfonamides is 1. The maximum absolute atomic E-state index is 12.6. The molecule has 3 aromatic rings. The maximum atomic E-state index is 12.6. The van der Waals surface area contributed by atoms with Gasteiger partial charge in [-0.2, -0.15) is 9.82 Å². The van der Waals surface area contributed by atoms with Crippen molar-refractivity contribution in [2.24, 2.45) is 5.73 Å². The summed E-state index contributed by atoms with van der Waals surface area (Å²) in [5.74, 6) is -0.787. The van der Waals surface area contributed by atoms with Crippen LogP contribution in [0.5, 0.6) is 0 Å². The van der Waals surface area contributed by atoms with Gasteiger partial charge in [0, 0.05) is 0 Å². The molecular formula is C17H16N4O3S. The molecule has 1 heterocycles. The monoisotopic (exact) mass is 356 g/mol.